The number of ether oxygens (including phenoxy) is 1. The Hall–Kier alpha value is -9.81. The summed E-state index contributed by atoms with van der Waals surface area (Å²) in [4.78, 5) is 95.1. The van der Waals surface area contributed by atoms with Gasteiger partial charge < -0.3 is 40.4 Å². The summed E-state index contributed by atoms with van der Waals surface area (Å²) in [6.45, 7) is 11.6. The fourth-order valence-corrected chi connectivity index (χ4v) is 13.8. The second kappa shape index (κ2) is 46.5. The fourth-order valence-electron chi connectivity index (χ4n) is 12.7. The second-order valence-corrected chi connectivity index (χ2v) is 30.6. The maximum atomic E-state index is 14.2. The molecule has 0 radical (unpaired) electrons. The third-order valence-electron chi connectivity index (χ3n) is 17.7. The van der Waals surface area contributed by atoms with E-state index in [0.717, 1.165) is 57.0 Å². The Bertz CT molecular complexity index is 4550. The van der Waals surface area contributed by atoms with Gasteiger partial charge in [0.25, 0.3) is 10.1 Å². The molecule has 0 aromatic heterocycles. The number of carbonyl (C=O) groups excluding carboxylic acids is 6. The van der Waals surface area contributed by atoms with Gasteiger partial charge in [0.1, 0.15) is 29.9 Å². The number of benzene rings is 4. The molecule has 1 aliphatic carbocycles. The van der Waals surface area contributed by atoms with Crippen LogP contribution in [0.25, 0.3) is 0 Å². The maximum Gasteiger partial charge on any atom is 0.425 e. The molecular formula is C73H91N5O26S5. The molecule has 3 aliphatic rings. The van der Waals surface area contributed by atoms with Gasteiger partial charge in [-0.3, -0.25) is 23.7 Å². The van der Waals surface area contributed by atoms with Crippen LogP contribution in [0.4, 0.5) is 16.2 Å². The maximum absolute atomic E-state index is 14.2. The lowest BCUT2D eigenvalue weighted by Gasteiger charge is -2.28. The number of amides is 3. The van der Waals surface area contributed by atoms with Gasteiger partial charge in [-0.2, -0.15) is 22.6 Å². The summed E-state index contributed by atoms with van der Waals surface area (Å²) >= 11 is 0. The van der Waals surface area contributed by atoms with Crippen LogP contribution < -0.4 is 25.6 Å². The molecule has 2 aliphatic heterocycles. The SMILES string of the molecule is CCNC(=O)N[C@@H](CCC(=O)CCCCCCC(=O)N[C@@H](Cc1ccccc1)C(=O)C[C@@H](Cc1ccc(OC2=C(C=CC3=[N+](CCCCS(=O)(=O)O)c4ccccc4C3(C)C)CCCC2=CC=C2N(CCCCS(=O)(=O)[O-])c3ccccc3C2(C)C)cc1)C(=O)O)C(=O)O.O=C=O.O=S(=O)=O.O=S(=O)=O.O=S(=O)=O. The molecule has 31 nitrogen and oxygen atoms in total. The van der Waals surface area contributed by atoms with Crippen LogP contribution >= 0.6 is 0 Å². The third kappa shape index (κ3) is 34.1. The van der Waals surface area contributed by atoms with Crippen LogP contribution in [-0.2, 0) is 109 Å². The number of ketones is 2. The molecule has 0 unspecified atom stereocenters. The molecule has 3 amide bonds. The highest BCUT2D eigenvalue weighted by molar-refractivity contribution is 7.86. The number of fused-ring (bicyclic) bond motifs is 2. The van der Waals surface area contributed by atoms with Crippen molar-refractivity contribution in [1.82, 2.24) is 16.0 Å². The fraction of sp³-hybridized carbons (Fsp3) is 0.452. The number of anilines is 1. The highest BCUT2D eigenvalue weighted by atomic mass is 32.2. The van der Waals surface area contributed by atoms with Crippen molar-refractivity contribution in [1.29, 1.82) is 0 Å². The summed E-state index contributed by atoms with van der Waals surface area (Å²) in [7, 11) is -17.8. The normalized spacial score (nSPS) is 15.4. The zero-order valence-electron chi connectivity index (χ0n) is 60.8. The largest absolute Gasteiger partial charge is 0.748 e. The van der Waals surface area contributed by atoms with Crippen LogP contribution in [0.1, 0.15) is 160 Å². The van der Waals surface area contributed by atoms with Crippen LogP contribution in [0.2, 0.25) is 0 Å². The molecular weight excluding hydrogens is 1520 g/mol. The number of hydrogen-bond acceptors (Lipinski definition) is 24. The van der Waals surface area contributed by atoms with E-state index in [1.807, 2.05) is 60.7 Å². The minimum atomic E-state index is -4.38. The average molecular weight is 1610 g/mol. The van der Waals surface area contributed by atoms with Gasteiger partial charge in [0.15, 0.2) is 11.5 Å². The molecule has 0 saturated carbocycles. The Morgan fingerprint density at radius 3 is 1.80 bits per heavy atom. The Morgan fingerprint density at radius 2 is 1.21 bits per heavy atom. The zero-order valence-corrected chi connectivity index (χ0v) is 64.9. The number of carboxylic acids is 2. The average Bonchev–Trinajstić information content (AvgIpc) is 1.60. The molecule has 4 aromatic rings. The molecule has 594 valence electrons. The van der Waals surface area contributed by atoms with Gasteiger partial charge in [0.05, 0.1) is 33.2 Å². The quantitative estimate of drug-likeness (QED) is 0.0144. The standard InChI is InChI=1S/C72H91N5O15S2.CO2.3O3S/c1-6-73-70(85)75-59(69(83)84)40-37-55(78)27-12-7-8-13-32-66(80)74-60(48-50-23-10-9-11-24-50)63(79)49-54(68(81)82)47-51-33-38-56(39-34-51)92-67-52(35-41-64-71(2,3)57-28-14-16-30-61(57)76(64)43-18-20-45-93(86,87)88)25-22-26-53(67)36-42-65-72(4,5)58-29-15-17-31-62(58)77(65)44-19-21-46-94(89,90)91;2-1-3;3*1-4(2)3/h9-11,14-17,23-24,28-31,33-36,38-39,41-42,54,59-60H,6-8,12-13,18-22,25-27,32,37,40,43-49H2,1-5H3,(H6-,73,74,75,80,81,82,83,84,85,86,87,88,89,90,91);;;;/t54-,59+,60+;;;;/m1..../s1. The highest BCUT2D eigenvalue weighted by Crippen LogP contribution is 2.48. The van der Waals surface area contributed by atoms with E-state index >= 15 is 0 Å². The highest BCUT2D eigenvalue weighted by Gasteiger charge is 2.44. The van der Waals surface area contributed by atoms with Gasteiger partial charge in [-0.1, -0.05) is 112 Å². The Labute approximate surface area is 637 Å². The Balaban J connectivity index is 0.00000188. The Morgan fingerprint density at radius 1 is 0.642 bits per heavy atom. The number of nitrogens with zero attached hydrogens (tertiary/aromatic N) is 2. The topological polar surface area (TPSA) is 494 Å². The summed E-state index contributed by atoms with van der Waals surface area (Å²) < 4.78 is 153. The van der Waals surface area contributed by atoms with Crippen LogP contribution in [0.5, 0.6) is 5.75 Å². The van der Waals surface area contributed by atoms with Crippen molar-refractivity contribution in [2.45, 2.75) is 173 Å². The molecule has 4 aromatic carbocycles. The number of unbranched alkanes of at least 4 members (excludes halogenated alkanes) is 5. The van der Waals surface area contributed by atoms with Crippen molar-refractivity contribution in [3.05, 3.63) is 172 Å². The van der Waals surface area contributed by atoms with E-state index < -0.39 is 110 Å². The first-order valence-corrected chi connectivity index (χ1v) is 40.7. The molecule has 0 spiro atoms. The summed E-state index contributed by atoms with van der Waals surface area (Å²) in [6.07, 6.45) is 14.5. The number of carbonyl (C=O) groups is 6. The predicted octanol–water partition coefficient (Wildman–Crippen LogP) is 7.53. The van der Waals surface area contributed by atoms with Crippen molar-refractivity contribution in [3.63, 3.8) is 0 Å². The number of nitrogens with one attached hydrogen (secondary N) is 3. The smallest absolute Gasteiger partial charge is 0.425 e. The molecule has 36 heteroatoms. The lowest BCUT2D eigenvalue weighted by atomic mass is 9.81. The van der Waals surface area contributed by atoms with Crippen molar-refractivity contribution < 1.29 is 122 Å². The van der Waals surface area contributed by atoms with E-state index in [-0.39, 0.29) is 81.4 Å². The first-order valence-electron chi connectivity index (χ1n) is 34.5. The monoisotopic (exact) mass is 1610 g/mol. The number of aliphatic carboxylic acids is 2. The molecule has 7 rings (SSSR count). The number of hydrogen-bond donors (Lipinski definition) is 6. The lowest BCUT2D eigenvalue weighted by Crippen LogP contribution is -2.46. The lowest BCUT2D eigenvalue weighted by molar-refractivity contribution is -0.438. The molecule has 2 heterocycles. The first kappa shape index (κ1) is 93.4. The van der Waals surface area contributed by atoms with Crippen LogP contribution in [0.15, 0.2) is 150 Å². The van der Waals surface area contributed by atoms with E-state index in [4.69, 9.17) is 52.2 Å². The zero-order chi connectivity index (χ0) is 81.7. The number of rotatable bonds is 37. The second-order valence-electron chi connectivity index (χ2n) is 26.3. The minimum absolute atomic E-state index is 0.00286. The third-order valence-corrected chi connectivity index (χ3v) is 19.3. The first-order chi connectivity index (χ1) is 51.3. The van der Waals surface area contributed by atoms with Gasteiger partial charge in [-0.05, 0) is 150 Å². The summed E-state index contributed by atoms with van der Waals surface area (Å²) in [5.41, 5.74) is 8.54. The molecule has 3 atom stereocenters. The van der Waals surface area contributed by atoms with E-state index in [2.05, 4.69) is 95.6 Å². The van der Waals surface area contributed by atoms with Crippen LogP contribution in [0, 0.1) is 5.92 Å². The van der Waals surface area contributed by atoms with E-state index in [9.17, 15) is 64.9 Å². The minimum Gasteiger partial charge on any atom is -0.748 e. The van der Waals surface area contributed by atoms with Crippen molar-refractivity contribution in [2.24, 2.45) is 5.92 Å². The Kier molecular flexibility index (Phi) is 39.9. The van der Waals surface area contributed by atoms with Crippen LogP contribution in [-0.4, -0.2) is 169 Å². The van der Waals surface area contributed by atoms with Gasteiger partial charge in [0.2, 0.25) is 11.6 Å². The number of carboxylic acid groups (broad SMARTS) is 2. The van der Waals surface area contributed by atoms with Crippen LogP contribution in [0.3, 0.4) is 0 Å². The number of Topliss-reactive ketones (excluding diaryl/α,β-unsaturated/α-hetero) is 2. The summed E-state index contributed by atoms with van der Waals surface area (Å²) in [5, 5.41) is 27.8. The van der Waals surface area contributed by atoms with E-state index in [1.54, 1.807) is 31.2 Å². The van der Waals surface area contributed by atoms with Gasteiger partial charge in [-0.25, -0.2) is 18.0 Å². The van der Waals surface area contributed by atoms with Crippen molar-refractivity contribution in [3.8, 4) is 5.75 Å². The molecule has 0 saturated heterocycles. The van der Waals surface area contributed by atoms with Gasteiger partial charge in [-0.15, -0.1) is 37.9 Å². The van der Waals surface area contributed by atoms with Crippen molar-refractivity contribution in [2.75, 3.05) is 36.0 Å². The van der Waals surface area contributed by atoms with E-state index in [0.29, 0.717) is 88.1 Å². The van der Waals surface area contributed by atoms with Gasteiger partial charge in [0, 0.05) is 85.5 Å². The predicted molar refractivity (Wildman–Crippen MR) is 395 cm³/mol. The molecule has 6 N–H and O–H groups in total. The number of allylic oxidation sites excluding steroid dienone is 7. The number of para-hydroxylation sites is 2. The summed E-state index contributed by atoms with van der Waals surface area (Å²) in [5.74, 6) is -4.16. The molecule has 0 bridgehead atoms. The summed E-state index contributed by atoms with van der Waals surface area (Å²) in [6, 6.07) is 29.7. The number of urea groups is 1. The molecule has 109 heavy (non-hydrogen) atoms. The van der Waals surface area contributed by atoms with Gasteiger partial charge >= 0.3 is 55.9 Å². The molecule has 0 fully saturated rings. The van der Waals surface area contributed by atoms with E-state index in [1.165, 1.54) is 0 Å². The van der Waals surface area contributed by atoms with Crippen molar-refractivity contribution >= 4 is 111 Å².